The smallest absolute Gasteiger partial charge is 0.309 e. The Labute approximate surface area is 111 Å². The lowest BCUT2D eigenvalue weighted by Crippen LogP contribution is -2.39. The summed E-state index contributed by atoms with van der Waals surface area (Å²) in [6, 6.07) is 1.88. The number of nitrogens with zero attached hydrogens (tertiary/aromatic N) is 2. The molecule has 6 heteroatoms. The molecule has 1 aromatic rings. The Morgan fingerprint density at radius 3 is 2.61 bits per heavy atom. The predicted octanol–water partition coefficient (Wildman–Crippen LogP) is 0.315. The van der Waals surface area contributed by atoms with E-state index in [2.05, 4.69) is 18.5 Å². The van der Waals surface area contributed by atoms with Crippen LogP contribution in [0.3, 0.4) is 0 Å². The summed E-state index contributed by atoms with van der Waals surface area (Å²) in [6.07, 6.45) is 3.15. The zero-order valence-electron chi connectivity index (χ0n) is 11.4. The van der Waals surface area contributed by atoms with Gasteiger partial charge in [-0.15, -0.1) is 0 Å². The van der Waals surface area contributed by atoms with E-state index in [-0.39, 0.29) is 11.2 Å². The molecule has 0 fully saturated rings. The third-order valence-electron chi connectivity index (χ3n) is 3.01. The van der Waals surface area contributed by atoms with Crippen LogP contribution < -0.4 is 16.6 Å². The molecule has 0 aromatic carbocycles. The molecule has 0 radical (unpaired) electrons. The van der Waals surface area contributed by atoms with Crippen LogP contribution in [0, 0.1) is 0 Å². The number of hydrogen-bond donors (Lipinski definition) is 1. The van der Waals surface area contributed by atoms with Gasteiger partial charge in [0.1, 0.15) is 0 Å². The van der Waals surface area contributed by atoms with Gasteiger partial charge < -0.3 is 5.32 Å². The van der Waals surface area contributed by atoms with Gasteiger partial charge in [-0.1, -0.05) is 0 Å². The van der Waals surface area contributed by atoms with Crippen LogP contribution in [0.1, 0.15) is 19.0 Å². The van der Waals surface area contributed by atoms with E-state index in [1.54, 1.807) is 7.05 Å². The fourth-order valence-electron chi connectivity index (χ4n) is 1.62. The Hall–Kier alpha value is -1.01. The summed E-state index contributed by atoms with van der Waals surface area (Å²) in [4.78, 5) is 23.3. The molecule has 102 valence electrons. The highest BCUT2D eigenvalue weighted by atomic mass is 32.2. The first-order chi connectivity index (χ1) is 8.47. The highest BCUT2D eigenvalue weighted by molar-refractivity contribution is 7.98. The molecule has 0 bridgehead atoms. The van der Waals surface area contributed by atoms with Crippen molar-refractivity contribution in [1.29, 1.82) is 0 Å². The summed E-state index contributed by atoms with van der Waals surface area (Å²) in [6.45, 7) is 2.65. The topological polar surface area (TPSA) is 56.0 Å². The van der Waals surface area contributed by atoms with Crippen LogP contribution in [0.4, 0.5) is 0 Å². The lowest BCUT2D eigenvalue weighted by atomic mass is 10.2. The van der Waals surface area contributed by atoms with Crippen LogP contribution in [-0.4, -0.2) is 27.2 Å². The largest absolute Gasteiger partial charge is 0.330 e. The SMILES string of the molecule is CSCCC(C)NCc1cc(=O)n(C)c(=O)n1C. The van der Waals surface area contributed by atoms with Crippen LogP contribution in [0.15, 0.2) is 15.7 Å². The summed E-state index contributed by atoms with van der Waals surface area (Å²) >= 11 is 1.81. The summed E-state index contributed by atoms with van der Waals surface area (Å²) < 4.78 is 2.62. The van der Waals surface area contributed by atoms with Crippen molar-refractivity contribution < 1.29 is 0 Å². The van der Waals surface area contributed by atoms with Gasteiger partial charge in [0.2, 0.25) is 0 Å². The third kappa shape index (κ3) is 3.74. The van der Waals surface area contributed by atoms with Gasteiger partial charge in [0.15, 0.2) is 0 Å². The summed E-state index contributed by atoms with van der Waals surface area (Å²) in [5, 5.41) is 3.33. The van der Waals surface area contributed by atoms with Crippen molar-refractivity contribution in [3.63, 3.8) is 0 Å². The molecule has 5 nitrogen and oxygen atoms in total. The molecular formula is C12H21N3O2S. The molecule has 0 amide bonds. The normalized spacial score (nSPS) is 12.7. The Morgan fingerprint density at radius 2 is 2.00 bits per heavy atom. The minimum Gasteiger partial charge on any atom is -0.309 e. The Morgan fingerprint density at radius 1 is 1.33 bits per heavy atom. The van der Waals surface area contributed by atoms with Gasteiger partial charge in [-0.25, -0.2) is 4.79 Å². The Balaban J connectivity index is 2.74. The maximum absolute atomic E-state index is 11.7. The molecule has 1 atom stereocenters. The van der Waals surface area contributed by atoms with E-state index in [0.29, 0.717) is 12.6 Å². The minimum absolute atomic E-state index is 0.258. The highest BCUT2D eigenvalue weighted by Crippen LogP contribution is 2.01. The second-order valence-corrected chi connectivity index (χ2v) is 5.42. The van der Waals surface area contributed by atoms with Crippen molar-refractivity contribution in [3.05, 3.63) is 32.6 Å². The average molecular weight is 271 g/mol. The second kappa shape index (κ2) is 6.80. The van der Waals surface area contributed by atoms with Crippen molar-refractivity contribution in [2.45, 2.75) is 25.9 Å². The zero-order chi connectivity index (χ0) is 13.7. The molecule has 1 unspecified atom stereocenters. The van der Waals surface area contributed by atoms with Crippen LogP contribution in [0.5, 0.6) is 0 Å². The van der Waals surface area contributed by atoms with E-state index >= 15 is 0 Å². The van der Waals surface area contributed by atoms with Gasteiger partial charge in [0, 0.05) is 38.4 Å². The predicted molar refractivity (Wildman–Crippen MR) is 76.2 cm³/mol. The quantitative estimate of drug-likeness (QED) is 0.809. The Kier molecular flexibility index (Phi) is 5.68. The van der Waals surface area contributed by atoms with Crippen molar-refractivity contribution in [1.82, 2.24) is 14.5 Å². The molecular weight excluding hydrogens is 250 g/mol. The average Bonchev–Trinajstić information content (AvgIpc) is 2.36. The molecule has 1 aromatic heterocycles. The maximum atomic E-state index is 11.7. The van der Waals surface area contributed by atoms with E-state index in [0.717, 1.165) is 22.4 Å². The lowest BCUT2D eigenvalue weighted by molar-refractivity contribution is 0.514. The lowest BCUT2D eigenvalue weighted by Gasteiger charge is -2.15. The first-order valence-corrected chi connectivity index (χ1v) is 7.35. The van der Waals surface area contributed by atoms with Gasteiger partial charge in [0.05, 0.1) is 0 Å². The summed E-state index contributed by atoms with van der Waals surface area (Å²) in [7, 11) is 3.17. The molecule has 1 heterocycles. The van der Waals surface area contributed by atoms with Crippen LogP contribution >= 0.6 is 11.8 Å². The molecule has 1 rings (SSSR count). The molecule has 0 aliphatic carbocycles. The molecule has 0 spiro atoms. The molecule has 1 N–H and O–H groups in total. The van der Waals surface area contributed by atoms with E-state index in [9.17, 15) is 9.59 Å². The van der Waals surface area contributed by atoms with Crippen LogP contribution in [-0.2, 0) is 20.6 Å². The van der Waals surface area contributed by atoms with E-state index < -0.39 is 0 Å². The van der Waals surface area contributed by atoms with Crippen LogP contribution in [0.2, 0.25) is 0 Å². The monoisotopic (exact) mass is 271 g/mol. The van der Waals surface area contributed by atoms with Gasteiger partial charge in [0.25, 0.3) is 5.56 Å². The maximum Gasteiger partial charge on any atom is 0.330 e. The fourth-order valence-corrected chi connectivity index (χ4v) is 2.21. The third-order valence-corrected chi connectivity index (χ3v) is 3.66. The minimum atomic E-state index is -0.281. The fraction of sp³-hybridized carbons (Fsp3) is 0.667. The van der Waals surface area contributed by atoms with Crippen LogP contribution in [0.25, 0.3) is 0 Å². The van der Waals surface area contributed by atoms with Crippen molar-refractivity contribution >= 4 is 11.8 Å². The van der Waals surface area contributed by atoms with Crippen molar-refractivity contribution in [2.75, 3.05) is 12.0 Å². The van der Waals surface area contributed by atoms with E-state index in [4.69, 9.17) is 0 Å². The zero-order valence-corrected chi connectivity index (χ0v) is 12.2. The molecule has 18 heavy (non-hydrogen) atoms. The summed E-state index contributed by atoms with van der Waals surface area (Å²) in [5.74, 6) is 1.10. The van der Waals surface area contributed by atoms with Gasteiger partial charge in [-0.05, 0) is 25.4 Å². The van der Waals surface area contributed by atoms with Gasteiger partial charge in [-0.2, -0.15) is 11.8 Å². The Bertz CT molecular complexity index is 507. The van der Waals surface area contributed by atoms with Gasteiger partial charge >= 0.3 is 5.69 Å². The number of hydrogen-bond acceptors (Lipinski definition) is 4. The molecule has 0 saturated carbocycles. The first-order valence-electron chi connectivity index (χ1n) is 5.95. The first kappa shape index (κ1) is 15.0. The molecule has 0 aliphatic heterocycles. The number of nitrogens with one attached hydrogen (secondary N) is 1. The van der Waals surface area contributed by atoms with E-state index in [1.807, 2.05) is 11.8 Å². The highest BCUT2D eigenvalue weighted by Gasteiger charge is 2.07. The molecule has 0 aliphatic rings. The number of thioether (sulfide) groups is 1. The standard InChI is InChI=1S/C12H21N3O2S/c1-9(5-6-18-4)13-8-10-7-11(16)15(3)12(17)14(10)2/h7,9,13H,5-6,8H2,1-4H3. The van der Waals surface area contributed by atoms with Crippen molar-refractivity contribution in [3.8, 4) is 0 Å². The summed E-state index contributed by atoms with van der Waals surface area (Å²) in [5.41, 5.74) is 0.182. The number of aromatic nitrogens is 2. The van der Waals surface area contributed by atoms with Gasteiger partial charge in [-0.3, -0.25) is 13.9 Å². The number of rotatable bonds is 6. The van der Waals surface area contributed by atoms with E-state index in [1.165, 1.54) is 17.7 Å². The van der Waals surface area contributed by atoms with Crippen molar-refractivity contribution in [2.24, 2.45) is 14.1 Å². The second-order valence-electron chi connectivity index (χ2n) is 4.44. The molecule has 0 saturated heterocycles.